The molecule has 1 heterocycles. The molecule has 1 fully saturated rings. The summed E-state index contributed by atoms with van der Waals surface area (Å²) in [6, 6.07) is 3.21. The zero-order chi connectivity index (χ0) is 16.3. The van der Waals surface area contributed by atoms with Crippen molar-refractivity contribution in [3.63, 3.8) is 0 Å². The van der Waals surface area contributed by atoms with Crippen molar-refractivity contribution in [1.82, 2.24) is 9.03 Å². The van der Waals surface area contributed by atoms with Crippen molar-refractivity contribution in [2.24, 2.45) is 5.92 Å². The van der Waals surface area contributed by atoms with E-state index >= 15 is 0 Å². The van der Waals surface area contributed by atoms with E-state index in [4.69, 9.17) is 0 Å². The maximum absolute atomic E-state index is 13.5. The Kier molecular flexibility index (Phi) is 5.49. The molecule has 2 rings (SSSR count). The van der Waals surface area contributed by atoms with Crippen molar-refractivity contribution >= 4 is 10.2 Å². The Balaban J connectivity index is 2.02. The third-order valence-corrected chi connectivity index (χ3v) is 5.29. The lowest BCUT2D eigenvalue weighted by Gasteiger charge is -2.30. The molecule has 0 spiro atoms. The lowest BCUT2D eigenvalue weighted by Crippen LogP contribution is -2.46. The smallest absolute Gasteiger partial charge is 0.279 e. The first-order valence-electron chi connectivity index (χ1n) is 7.18. The van der Waals surface area contributed by atoms with Crippen LogP contribution in [0.15, 0.2) is 18.2 Å². The van der Waals surface area contributed by atoms with E-state index in [0.717, 1.165) is 25.0 Å². The Morgan fingerprint density at radius 1 is 1.41 bits per heavy atom. The minimum Gasteiger partial charge on any atom is -0.387 e. The van der Waals surface area contributed by atoms with Gasteiger partial charge in [-0.25, -0.2) is 8.78 Å². The molecular formula is C14H20F2N2O3S. The van der Waals surface area contributed by atoms with Gasteiger partial charge in [0.05, 0.1) is 11.7 Å². The van der Waals surface area contributed by atoms with E-state index in [0.29, 0.717) is 13.1 Å². The van der Waals surface area contributed by atoms with E-state index in [1.54, 1.807) is 0 Å². The van der Waals surface area contributed by atoms with E-state index in [9.17, 15) is 22.3 Å². The summed E-state index contributed by atoms with van der Waals surface area (Å²) in [7, 11) is -3.77. The van der Waals surface area contributed by atoms with Crippen LogP contribution < -0.4 is 4.72 Å². The average Bonchev–Trinajstić information content (AvgIpc) is 2.45. The summed E-state index contributed by atoms with van der Waals surface area (Å²) in [4.78, 5) is 0. The van der Waals surface area contributed by atoms with Gasteiger partial charge in [0.1, 0.15) is 11.6 Å². The highest BCUT2D eigenvalue weighted by Crippen LogP contribution is 2.21. The molecule has 2 atom stereocenters. The van der Waals surface area contributed by atoms with Gasteiger partial charge in [-0.05, 0) is 30.9 Å². The fraction of sp³-hybridized carbons (Fsp3) is 0.571. The van der Waals surface area contributed by atoms with E-state index < -0.39 is 40.1 Å². The van der Waals surface area contributed by atoms with Gasteiger partial charge in [-0.1, -0.05) is 13.0 Å². The predicted octanol–water partition coefficient (Wildman–Crippen LogP) is 1.56. The van der Waals surface area contributed by atoms with Crippen molar-refractivity contribution in [3.8, 4) is 0 Å². The van der Waals surface area contributed by atoms with Crippen molar-refractivity contribution in [3.05, 3.63) is 35.4 Å². The Morgan fingerprint density at radius 2 is 2.05 bits per heavy atom. The third kappa shape index (κ3) is 4.01. The van der Waals surface area contributed by atoms with Crippen LogP contribution in [-0.2, 0) is 10.2 Å². The van der Waals surface area contributed by atoms with Crippen LogP contribution in [0.1, 0.15) is 31.4 Å². The predicted molar refractivity (Wildman–Crippen MR) is 78.2 cm³/mol. The number of aliphatic hydroxyl groups excluding tert-OH is 1. The van der Waals surface area contributed by atoms with Gasteiger partial charge in [-0.2, -0.15) is 17.4 Å². The summed E-state index contributed by atoms with van der Waals surface area (Å²) >= 11 is 0. The van der Waals surface area contributed by atoms with Gasteiger partial charge in [0.15, 0.2) is 0 Å². The fourth-order valence-electron chi connectivity index (χ4n) is 2.57. The summed E-state index contributed by atoms with van der Waals surface area (Å²) in [5.41, 5.74) is -0.530. The largest absolute Gasteiger partial charge is 0.387 e. The molecule has 1 aliphatic heterocycles. The lowest BCUT2D eigenvalue weighted by molar-refractivity contribution is 0.170. The third-order valence-electron chi connectivity index (χ3n) is 3.75. The molecule has 0 unspecified atom stereocenters. The molecule has 0 amide bonds. The number of aliphatic hydroxyl groups is 1. The second kappa shape index (κ2) is 6.99. The van der Waals surface area contributed by atoms with Crippen molar-refractivity contribution in [2.75, 3.05) is 19.6 Å². The Hall–Kier alpha value is -1.09. The number of benzene rings is 1. The van der Waals surface area contributed by atoms with Crippen LogP contribution in [0.2, 0.25) is 0 Å². The molecule has 8 heteroatoms. The standard InChI is InChI=1S/C14H20F2N2O3S/c1-10-4-3-7-18(9-10)22(20,21)17-8-13(19)14-11(15)5-2-6-12(14)16/h2,5-6,10,13,17,19H,3-4,7-9H2,1H3/t10-,13-/m0/s1. The number of rotatable bonds is 5. The normalized spacial score (nSPS) is 21.7. The lowest BCUT2D eigenvalue weighted by atomic mass is 10.0. The topological polar surface area (TPSA) is 69.6 Å². The molecule has 5 nitrogen and oxygen atoms in total. The van der Waals surface area contributed by atoms with Crippen LogP contribution in [0, 0.1) is 17.6 Å². The Bertz CT molecular complexity index is 604. The number of halogens is 2. The quantitative estimate of drug-likeness (QED) is 0.859. The summed E-state index contributed by atoms with van der Waals surface area (Å²) in [5.74, 6) is -1.55. The van der Waals surface area contributed by atoms with Crippen LogP contribution in [0.5, 0.6) is 0 Å². The number of hydrogen-bond donors (Lipinski definition) is 2. The summed E-state index contributed by atoms with van der Waals surface area (Å²) in [6.07, 6.45) is 0.153. The Morgan fingerprint density at radius 3 is 2.64 bits per heavy atom. The van der Waals surface area contributed by atoms with Crippen molar-refractivity contribution in [1.29, 1.82) is 0 Å². The number of piperidine rings is 1. The first-order chi connectivity index (χ1) is 10.3. The van der Waals surface area contributed by atoms with E-state index in [1.165, 1.54) is 10.4 Å². The molecule has 1 aromatic carbocycles. The first-order valence-corrected chi connectivity index (χ1v) is 8.62. The van der Waals surface area contributed by atoms with Gasteiger partial charge < -0.3 is 5.11 Å². The minimum absolute atomic E-state index is 0.263. The molecule has 0 aliphatic carbocycles. The summed E-state index contributed by atoms with van der Waals surface area (Å²) < 4.78 is 54.9. The van der Waals surface area contributed by atoms with E-state index in [1.807, 2.05) is 6.92 Å². The molecule has 0 saturated carbocycles. The highest BCUT2D eigenvalue weighted by molar-refractivity contribution is 7.87. The van der Waals surface area contributed by atoms with Crippen LogP contribution in [0.25, 0.3) is 0 Å². The number of hydrogen-bond acceptors (Lipinski definition) is 3. The van der Waals surface area contributed by atoms with Gasteiger partial charge in [-0.15, -0.1) is 0 Å². The van der Waals surface area contributed by atoms with Gasteiger partial charge in [0.2, 0.25) is 0 Å². The van der Waals surface area contributed by atoms with E-state index in [2.05, 4.69) is 4.72 Å². The molecule has 22 heavy (non-hydrogen) atoms. The van der Waals surface area contributed by atoms with Gasteiger partial charge in [-0.3, -0.25) is 0 Å². The fourth-order valence-corrected chi connectivity index (χ4v) is 3.94. The number of nitrogens with one attached hydrogen (secondary N) is 1. The maximum atomic E-state index is 13.5. The van der Waals surface area contributed by atoms with Crippen molar-refractivity contribution in [2.45, 2.75) is 25.9 Å². The zero-order valence-corrected chi connectivity index (χ0v) is 13.1. The summed E-state index contributed by atoms with van der Waals surface area (Å²) in [6.45, 7) is 2.29. The second-order valence-electron chi connectivity index (χ2n) is 5.61. The second-order valence-corrected chi connectivity index (χ2v) is 7.37. The maximum Gasteiger partial charge on any atom is 0.279 e. The molecular weight excluding hydrogens is 314 g/mol. The minimum atomic E-state index is -3.77. The van der Waals surface area contributed by atoms with Gasteiger partial charge >= 0.3 is 0 Å². The molecule has 0 radical (unpaired) electrons. The van der Waals surface area contributed by atoms with Crippen LogP contribution in [-0.4, -0.2) is 37.5 Å². The van der Waals surface area contributed by atoms with Crippen LogP contribution in [0.3, 0.4) is 0 Å². The first kappa shape index (κ1) is 17.3. The average molecular weight is 334 g/mol. The number of nitrogens with zero attached hydrogens (tertiary/aromatic N) is 1. The molecule has 1 aromatic rings. The Labute approximate surface area is 129 Å². The molecule has 0 aromatic heterocycles. The molecule has 0 bridgehead atoms. The molecule has 1 aliphatic rings. The van der Waals surface area contributed by atoms with Gasteiger partial charge in [0, 0.05) is 19.6 Å². The van der Waals surface area contributed by atoms with Crippen LogP contribution >= 0.6 is 0 Å². The summed E-state index contributed by atoms with van der Waals surface area (Å²) in [5, 5.41) is 9.87. The van der Waals surface area contributed by atoms with E-state index in [-0.39, 0.29) is 5.92 Å². The van der Waals surface area contributed by atoms with Gasteiger partial charge in [0.25, 0.3) is 10.2 Å². The van der Waals surface area contributed by atoms with Crippen LogP contribution in [0.4, 0.5) is 8.78 Å². The monoisotopic (exact) mass is 334 g/mol. The van der Waals surface area contributed by atoms with Crippen molar-refractivity contribution < 1.29 is 22.3 Å². The molecule has 2 N–H and O–H groups in total. The highest BCUT2D eigenvalue weighted by Gasteiger charge is 2.28. The highest BCUT2D eigenvalue weighted by atomic mass is 32.2. The zero-order valence-electron chi connectivity index (χ0n) is 12.3. The SMILES string of the molecule is C[C@H]1CCCN(S(=O)(=O)NC[C@H](O)c2c(F)cccc2F)C1. The molecule has 1 saturated heterocycles. The molecule has 124 valence electrons.